The van der Waals surface area contributed by atoms with Crippen LogP contribution in [0.3, 0.4) is 0 Å². The second-order valence-electron chi connectivity index (χ2n) is 7.24. The molecule has 1 unspecified atom stereocenters. The maximum absolute atomic E-state index is 12.5. The van der Waals surface area contributed by atoms with Crippen LogP contribution in [0, 0.1) is 6.92 Å². The summed E-state index contributed by atoms with van der Waals surface area (Å²) in [6.07, 6.45) is 2.22. The van der Waals surface area contributed by atoms with Gasteiger partial charge < -0.3 is 9.47 Å². The molecule has 0 radical (unpaired) electrons. The second kappa shape index (κ2) is 8.70. The first-order chi connectivity index (χ1) is 12.7. The Kier molecular flexibility index (Phi) is 6.60. The third-order valence-electron chi connectivity index (χ3n) is 3.80. The maximum Gasteiger partial charge on any atom is 0.412 e. The van der Waals surface area contributed by atoms with Crippen LogP contribution in [0.2, 0.25) is 0 Å². The molecule has 0 aliphatic carbocycles. The first-order valence-corrected chi connectivity index (χ1v) is 8.96. The zero-order valence-corrected chi connectivity index (χ0v) is 16.5. The number of hydrogen-bond acceptors (Lipinski definition) is 5. The van der Waals surface area contributed by atoms with E-state index < -0.39 is 23.8 Å². The van der Waals surface area contributed by atoms with Crippen molar-refractivity contribution in [2.24, 2.45) is 0 Å². The van der Waals surface area contributed by atoms with Crippen molar-refractivity contribution in [2.75, 3.05) is 5.32 Å². The zero-order chi connectivity index (χ0) is 20.0. The Balaban J connectivity index is 2.14. The van der Waals surface area contributed by atoms with Gasteiger partial charge in [0.15, 0.2) is 0 Å². The number of aromatic nitrogens is 2. The summed E-state index contributed by atoms with van der Waals surface area (Å²) in [5.41, 5.74) is 1.93. The monoisotopic (exact) mass is 373 g/mol. The van der Waals surface area contributed by atoms with E-state index in [-0.39, 0.29) is 6.54 Å². The molecule has 0 saturated carbocycles. The smallest absolute Gasteiger partial charge is 0.412 e. The van der Waals surface area contributed by atoms with E-state index in [1.54, 1.807) is 39.2 Å². The summed E-state index contributed by atoms with van der Waals surface area (Å²) in [4.78, 5) is 25.0. The largest absolute Gasteiger partial charge is 0.457 e. The van der Waals surface area contributed by atoms with E-state index in [1.165, 1.54) is 4.68 Å². The van der Waals surface area contributed by atoms with Crippen molar-refractivity contribution in [1.82, 2.24) is 9.78 Å². The second-order valence-corrected chi connectivity index (χ2v) is 7.24. The van der Waals surface area contributed by atoms with E-state index in [1.807, 2.05) is 32.0 Å². The lowest BCUT2D eigenvalue weighted by Gasteiger charge is -2.24. The van der Waals surface area contributed by atoms with Crippen LogP contribution in [0.5, 0.6) is 0 Å². The highest BCUT2D eigenvalue weighted by Gasteiger charge is 2.29. The van der Waals surface area contributed by atoms with Crippen LogP contribution in [-0.2, 0) is 27.2 Å². The summed E-state index contributed by atoms with van der Waals surface area (Å²) in [7, 11) is 0. The zero-order valence-electron chi connectivity index (χ0n) is 16.5. The molecule has 27 heavy (non-hydrogen) atoms. The lowest BCUT2D eigenvalue weighted by molar-refractivity contribution is -0.165. The van der Waals surface area contributed by atoms with Gasteiger partial charge in [0.25, 0.3) is 0 Å². The predicted octanol–water partition coefficient (Wildman–Crippen LogP) is 3.71. The number of para-hydroxylation sites is 1. The highest BCUT2D eigenvalue weighted by molar-refractivity contribution is 5.89. The summed E-state index contributed by atoms with van der Waals surface area (Å²) < 4.78 is 12.3. The number of esters is 1. The third-order valence-corrected chi connectivity index (χ3v) is 3.80. The van der Waals surface area contributed by atoms with Crippen molar-refractivity contribution in [2.45, 2.75) is 59.3 Å². The number of rotatable bonds is 6. The van der Waals surface area contributed by atoms with E-state index in [4.69, 9.17) is 9.47 Å². The van der Waals surface area contributed by atoms with Gasteiger partial charge in [-0.25, -0.2) is 9.59 Å². The van der Waals surface area contributed by atoms with E-state index in [0.29, 0.717) is 5.69 Å². The first-order valence-electron chi connectivity index (χ1n) is 8.96. The summed E-state index contributed by atoms with van der Waals surface area (Å²) in [6.45, 7) is 9.27. The number of anilines is 1. The van der Waals surface area contributed by atoms with Crippen molar-refractivity contribution in [3.05, 3.63) is 47.8 Å². The van der Waals surface area contributed by atoms with Gasteiger partial charge in [-0.3, -0.25) is 10.00 Å². The SMILES string of the molecule is CCc1cccc(C)c1NC(=O)OC(Cn1cccn1)C(=O)OC(C)(C)C. The number of amides is 1. The van der Waals surface area contributed by atoms with Crippen LogP contribution in [0.15, 0.2) is 36.7 Å². The molecule has 0 spiro atoms. The molecule has 1 heterocycles. The number of carbonyl (C=O) groups is 2. The van der Waals surface area contributed by atoms with Gasteiger partial charge in [0, 0.05) is 12.4 Å². The summed E-state index contributed by atoms with van der Waals surface area (Å²) in [6, 6.07) is 7.51. The summed E-state index contributed by atoms with van der Waals surface area (Å²) in [5.74, 6) is -0.617. The van der Waals surface area contributed by atoms with Crippen molar-refractivity contribution in [3.63, 3.8) is 0 Å². The molecule has 7 heteroatoms. The van der Waals surface area contributed by atoms with Crippen LogP contribution in [0.25, 0.3) is 0 Å². The van der Waals surface area contributed by atoms with Gasteiger partial charge in [0.05, 0.1) is 12.2 Å². The summed E-state index contributed by atoms with van der Waals surface area (Å²) >= 11 is 0. The highest BCUT2D eigenvalue weighted by atomic mass is 16.6. The molecular weight excluding hydrogens is 346 g/mol. The lowest BCUT2D eigenvalue weighted by atomic mass is 10.1. The van der Waals surface area contributed by atoms with Crippen molar-refractivity contribution in [3.8, 4) is 0 Å². The van der Waals surface area contributed by atoms with E-state index in [9.17, 15) is 9.59 Å². The first kappa shape index (κ1) is 20.5. The van der Waals surface area contributed by atoms with E-state index in [2.05, 4.69) is 10.4 Å². The molecule has 0 aliphatic rings. The van der Waals surface area contributed by atoms with Crippen LogP contribution < -0.4 is 5.32 Å². The number of nitrogens with zero attached hydrogens (tertiary/aromatic N) is 2. The fourth-order valence-electron chi connectivity index (χ4n) is 2.57. The molecule has 1 aromatic carbocycles. The predicted molar refractivity (Wildman–Crippen MR) is 103 cm³/mol. The van der Waals surface area contributed by atoms with Crippen LogP contribution in [0.4, 0.5) is 10.5 Å². The fraction of sp³-hybridized carbons (Fsp3) is 0.450. The van der Waals surface area contributed by atoms with E-state index >= 15 is 0 Å². The van der Waals surface area contributed by atoms with Gasteiger partial charge in [-0.2, -0.15) is 5.10 Å². The molecule has 0 aliphatic heterocycles. The normalized spacial score (nSPS) is 12.3. The molecule has 2 aromatic rings. The van der Waals surface area contributed by atoms with Crippen molar-refractivity contribution < 1.29 is 19.1 Å². The van der Waals surface area contributed by atoms with Gasteiger partial charge in [-0.1, -0.05) is 25.1 Å². The van der Waals surface area contributed by atoms with Crippen molar-refractivity contribution >= 4 is 17.7 Å². The van der Waals surface area contributed by atoms with Gasteiger partial charge in [-0.05, 0) is 51.3 Å². The van der Waals surface area contributed by atoms with Gasteiger partial charge >= 0.3 is 12.1 Å². The molecule has 1 amide bonds. The number of nitrogens with one attached hydrogen (secondary N) is 1. The van der Waals surface area contributed by atoms with Crippen molar-refractivity contribution in [1.29, 1.82) is 0 Å². The molecule has 7 nitrogen and oxygen atoms in total. The standard InChI is InChI=1S/C20H27N3O4/c1-6-15-10-7-9-14(2)17(15)22-19(25)26-16(13-23-12-8-11-21-23)18(24)27-20(3,4)5/h7-12,16H,6,13H2,1-5H3,(H,22,25). The maximum atomic E-state index is 12.5. The molecular formula is C20H27N3O4. The average Bonchev–Trinajstić information content (AvgIpc) is 3.07. The molecule has 1 atom stereocenters. The molecule has 1 aromatic heterocycles. The summed E-state index contributed by atoms with van der Waals surface area (Å²) in [5, 5.41) is 6.82. The number of ether oxygens (including phenoxy) is 2. The minimum atomic E-state index is -1.11. The third kappa shape index (κ3) is 6.13. The lowest BCUT2D eigenvalue weighted by Crippen LogP contribution is -2.38. The van der Waals surface area contributed by atoms with Crippen LogP contribution in [-0.4, -0.2) is 33.5 Å². The molecule has 2 rings (SSSR count). The number of carbonyl (C=O) groups excluding carboxylic acids is 2. The fourth-order valence-corrected chi connectivity index (χ4v) is 2.57. The average molecular weight is 373 g/mol. The number of benzene rings is 1. The molecule has 0 fully saturated rings. The van der Waals surface area contributed by atoms with Gasteiger partial charge in [0.2, 0.25) is 6.10 Å². The van der Waals surface area contributed by atoms with E-state index in [0.717, 1.165) is 17.5 Å². The Bertz CT molecular complexity index is 779. The Morgan fingerprint density at radius 1 is 1.26 bits per heavy atom. The van der Waals surface area contributed by atoms with Gasteiger partial charge in [0.1, 0.15) is 5.60 Å². The Labute approximate surface area is 159 Å². The Morgan fingerprint density at radius 3 is 2.59 bits per heavy atom. The topological polar surface area (TPSA) is 82.5 Å². The minimum absolute atomic E-state index is 0.0732. The Morgan fingerprint density at radius 2 is 2.00 bits per heavy atom. The molecule has 0 saturated heterocycles. The Hall–Kier alpha value is -2.83. The highest BCUT2D eigenvalue weighted by Crippen LogP contribution is 2.21. The molecule has 1 N–H and O–H groups in total. The van der Waals surface area contributed by atoms with Gasteiger partial charge in [-0.15, -0.1) is 0 Å². The minimum Gasteiger partial charge on any atom is -0.457 e. The molecule has 146 valence electrons. The number of aryl methyl sites for hydroxylation is 2. The van der Waals surface area contributed by atoms with Crippen LogP contribution >= 0.6 is 0 Å². The molecule has 0 bridgehead atoms. The van der Waals surface area contributed by atoms with Crippen LogP contribution in [0.1, 0.15) is 38.8 Å². The quantitative estimate of drug-likeness (QED) is 0.781. The number of hydrogen-bond donors (Lipinski definition) is 1.